The van der Waals surface area contributed by atoms with Gasteiger partial charge in [-0.25, -0.2) is 9.97 Å². The van der Waals surface area contributed by atoms with E-state index in [1.54, 1.807) is 6.20 Å². The van der Waals surface area contributed by atoms with Crippen LogP contribution in [0.1, 0.15) is 18.5 Å². The SMILES string of the molecule is N=C(N)c1cnc(N2CCC(CCO)C2)cn1. The average molecular weight is 235 g/mol. The summed E-state index contributed by atoms with van der Waals surface area (Å²) in [6, 6.07) is 0. The number of aliphatic hydroxyl groups is 1. The van der Waals surface area contributed by atoms with Crippen LogP contribution in [-0.4, -0.2) is 40.6 Å². The van der Waals surface area contributed by atoms with Gasteiger partial charge < -0.3 is 15.7 Å². The van der Waals surface area contributed by atoms with Crippen LogP contribution in [0.5, 0.6) is 0 Å². The van der Waals surface area contributed by atoms with Gasteiger partial charge in [0.05, 0.1) is 12.4 Å². The van der Waals surface area contributed by atoms with Crippen molar-refractivity contribution in [3.63, 3.8) is 0 Å². The van der Waals surface area contributed by atoms with Crippen molar-refractivity contribution in [3.8, 4) is 0 Å². The second kappa shape index (κ2) is 5.09. The molecule has 0 saturated carbocycles. The fourth-order valence-electron chi connectivity index (χ4n) is 2.08. The number of anilines is 1. The van der Waals surface area contributed by atoms with Crippen molar-refractivity contribution < 1.29 is 5.11 Å². The Kier molecular flexibility index (Phi) is 3.53. The molecule has 17 heavy (non-hydrogen) atoms. The number of nitrogens with two attached hydrogens (primary N) is 1. The molecule has 1 aromatic heterocycles. The van der Waals surface area contributed by atoms with Gasteiger partial charge >= 0.3 is 0 Å². The smallest absolute Gasteiger partial charge is 0.147 e. The van der Waals surface area contributed by atoms with Gasteiger partial charge in [0.1, 0.15) is 17.3 Å². The predicted molar refractivity (Wildman–Crippen MR) is 65.1 cm³/mol. The fraction of sp³-hybridized carbons (Fsp3) is 0.545. The first kappa shape index (κ1) is 11.8. The monoisotopic (exact) mass is 235 g/mol. The molecule has 1 unspecified atom stereocenters. The second-order valence-corrected chi connectivity index (χ2v) is 4.29. The number of nitrogens with zero attached hydrogens (tertiary/aromatic N) is 3. The van der Waals surface area contributed by atoms with Crippen molar-refractivity contribution >= 4 is 11.7 Å². The summed E-state index contributed by atoms with van der Waals surface area (Å²) in [5.74, 6) is 1.29. The first-order valence-electron chi connectivity index (χ1n) is 5.73. The highest BCUT2D eigenvalue weighted by Gasteiger charge is 2.23. The summed E-state index contributed by atoms with van der Waals surface area (Å²) in [6.45, 7) is 2.10. The highest BCUT2D eigenvalue weighted by atomic mass is 16.3. The van der Waals surface area contributed by atoms with Crippen molar-refractivity contribution in [2.45, 2.75) is 12.8 Å². The number of aromatic nitrogens is 2. The molecule has 1 fully saturated rings. The van der Waals surface area contributed by atoms with Gasteiger partial charge in [0.15, 0.2) is 0 Å². The van der Waals surface area contributed by atoms with Crippen LogP contribution in [0, 0.1) is 11.3 Å². The molecule has 0 bridgehead atoms. The van der Waals surface area contributed by atoms with E-state index in [1.165, 1.54) is 6.20 Å². The van der Waals surface area contributed by atoms with Crippen LogP contribution in [0.2, 0.25) is 0 Å². The van der Waals surface area contributed by atoms with Crippen LogP contribution >= 0.6 is 0 Å². The van der Waals surface area contributed by atoms with E-state index in [0.29, 0.717) is 11.6 Å². The molecule has 1 saturated heterocycles. The number of rotatable bonds is 4. The summed E-state index contributed by atoms with van der Waals surface area (Å²) in [5.41, 5.74) is 5.72. The lowest BCUT2D eigenvalue weighted by Gasteiger charge is -2.16. The molecule has 92 valence electrons. The topological polar surface area (TPSA) is 99.1 Å². The average Bonchev–Trinajstić information content (AvgIpc) is 2.78. The van der Waals surface area contributed by atoms with Crippen molar-refractivity contribution in [2.24, 2.45) is 11.7 Å². The Morgan fingerprint density at radius 3 is 2.94 bits per heavy atom. The van der Waals surface area contributed by atoms with Gasteiger partial charge in [0.2, 0.25) is 0 Å². The summed E-state index contributed by atoms with van der Waals surface area (Å²) in [4.78, 5) is 10.5. The minimum atomic E-state index is -0.0661. The number of amidine groups is 1. The molecule has 6 heteroatoms. The minimum Gasteiger partial charge on any atom is -0.396 e. The maximum atomic E-state index is 8.90. The van der Waals surface area contributed by atoms with Crippen LogP contribution in [-0.2, 0) is 0 Å². The minimum absolute atomic E-state index is 0.0661. The molecule has 2 heterocycles. The van der Waals surface area contributed by atoms with Gasteiger partial charge in [-0.1, -0.05) is 0 Å². The molecule has 1 aliphatic rings. The van der Waals surface area contributed by atoms with E-state index in [4.69, 9.17) is 16.2 Å². The maximum absolute atomic E-state index is 8.90. The molecule has 0 spiro atoms. The normalized spacial score (nSPS) is 19.6. The molecule has 1 atom stereocenters. The van der Waals surface area contributed by atoms with Crippen molar-refractivity contribution in [1.29, 1.82) is 5.41 Å². The van der Waals surface area contributed by atoms with Gasteiger partial charge in [-0.3, -0.25) is 5.41 Å². The first-order chi connectivity index (χ1) is 8.20. The lowest BCUT2D eigenvalue weighted by atomic mass is 10.1. The third-order valence-corrected chi connectivity index (χ3v) is 3.06. The first-order valence-corrected chi connectivity index (χ1v) is 5.73. The quantitative estimate of drug-likeness (QED) is 0.502. The summed E-state index contributed by atoms with van der Waals surface area (Å²) in [7, 11) is 0. The molecular weight excluding hydrogens is 218 g/mol. The number of hydrogen-bond acceptors (Lipinski definition) is 5. The largest absolute Gasteiger partial charge is 0.396 e. The van der Waals surface area contributed by atoms with Crippen LogP contribution in [0.4, 0.5) is 5.82 Å². The number of aliphatic hydroxyl groups excluding tert-OH is 1. The highest BCUT2D eigenvalue weighted by Crippen LogP contribution is 2.23. The lowest BCUT2D eigenvalue weighted by molar-refractivity contribution is 0.263. The molecule has 2 rings (SSSR count). The zero-order valence-electron chi connectivity index (χ0n) is 9.63. The number of nitrogen functional groups attached to an aromatic ring is 1. The molecule has 4 N–H and O–H groups in total. The summed E-state index contributed by atoms with van der Waals surface area (Å²) in [6.07, 6.45) is 5.10. The van der Waals surface area contributed by atoms with Crippen molar-refractivity contribution in [2.75, 3.05) is 24.6 Å². The Morgan fingerprint density at radius 2 is 2.35 bits per heavy atom. The Balaban J connectivity index is 2.01. The Bertz CT molecular complexity index is 391. The molecule has 6 nitrogen and oxygen atoms in total. The zero-order chi connectivity index (χ0) is 12.3. The third-order valence-electron chi connectivity index (χ3n) is 3.06. The molecule has 0 radical (unpaired) electrons. The fourth-order valence-corrected chi connectivity index (χ4v) is 2.08. The van der Waals surface area contributed by atoms with Gasteiger partial charge in [-0.15, -0.1) is 0 Å². The van der Waals surface area contributed by atoms with Gasteiger partial charge in [0.25, 0.3) is 0 Å². The maximum Gasteiger partial charge on any atom is 0.147 e. The van der Waals surface area contributed by atoms with Crippen LogP contribution in [0.15, 0.2) is 12.4 Å². The molecule has 0 aliphatic carbocycles. The van der Waals surface area contributed by atoms with E-state index < -0.39 is 0 Å². The lowest BCUT2D eigenvalue weighted by Crippen LogP contribution is -2.22. The predicted octanol–water partition coefficient (Wildman–Crippen LogP) is -0.0306. The molecular formula is C11H17N5O. The van der Waals surface area contributed by atoms with Crippen molar-refractivity contribution in [1.82, 2.24) is 9.97 Å². The summed E-state index contributed by atoms with van der Waals surface area (Å²) in [5, 5.41) is 16.1. The van der Waals surface area contributed by atoms with Crippen LogP contribution in [0.3, 0.4) is 0 Å². The van der Waals surface area contributed by atoms with Crippen molar-refractivity contribution in [3.05, 3.63) is 18.1 Å². The van der Waals surface area contributed by atoms with E-state index in [1.807, 2.05) is 0 Å². The zero-order valence-corrected chi connectivity index (χ0v) is 9.63. The third kappa shape index (κ3) is 2.71. The molecule has 0 amide bonds. The molecule has 0 aromatic carbocycles. The van der Waals surface area contributed by atoms with Gasteiger partial charge in [-0.05, 0) is 18.8 Å². The standard InChI is InChI=1S/C11H17N5O/c12-11(13)9-5-15-10(6-14-9)16-3-1-8(7-16)2-4-17/h5-6,8,17H,1-4,7H2,(H3,12,13). The van der Waals surface area contributed by atoms with Gasteiger partial charge in [0, 0.05) is 19.7 Å². The highest BCUT2D eigenvalue weighted by molar-refractivity contribution is 5.92. The van der Waals surface area contributed by atoms with Crippen LogP contribution in [0.25, 0.3) is 0 Å². The molecule has 1 aliphatic heterocycles. The summed E-state index contributed by atoms with van der Waals surface area (Å²) < 4.78 is 0. The second-order valence-electron chi connectivity index (χ2n) is 4.29. The van der Waals surface area contributed by atoms with E-state index in [0.717, 1.165) is 31.7 Å². The van der Waals surface area contributed by atoms with E-state index in [-0.39, 0.29) is 12.4 Å². The van der Waals surface area contributed by atoms with E-state index in [2.05, 4.69) is 14.9 Å². The summed E-state index contributed by atoms with van der Waals surface area (Å²) >= 11 is 0. The van der Waals surface area contributed by atoms with Crippen LogP contribution < -0.4 is 10.6 Å². The van der Waals surface area contributed by atoms with E-state index in [9.17, 15) is 0 Å². The molecule has 1 aromatic rings. The number of nitrogens with one attached hydrogen (secondary N) is 1. The Hall–Kier alpha value is -1.69. The van der Waals surface area contributed by atoms with E-state index >= 15 is 0 Å². The van der Waals surface area contributed by atoms with Gasteiger partial charge in [-0.2, -0.15) is 0 Å². The Morgan fingerprint density at radius 1 is 1.53 bits per heavy atom. The number of hydrogen-bond donors (Lipinski definition) is 3. The Labute approximate surface area is 100.0 Å².